The number of rotatable bonds is 5. The second kappa shape index (κ2) is 5.99. The van der Waals surface area contributed by atoms with Crippen LogP contribution in [-0.2, 0) is 4.79 Å². The van der Waals surface area contributed by atoms with Gasteiger partial charge in [-0.05, 0) is 6.92 Å². The largest absolute Gasteiger partial charge is 0.349 e. The Balaban J connectivity index is 3.43. The maximum atomic E-state index is 11.0. The number of thioether (sulfide) groups is 1. The molecule has 12 heavy (non-hydrogen) atoms. The molecule has 0 radical (unpaired) electrons. The fraction of sp³-hybridized carbons (Fsp3) is 0.857. The number of amides is 1. The topological polar surface area (TPSA) is 49.7 Å². The zero-order valence-corrected chi connectivity index (χ0v) is 8.43. The molecule has 0 spiro atoms. The summed E-state index contributed by atoms with van der Waals surface area (Å²) in [5.74, 6) is 0.741. The minimum atomic E-state index is -0.250. The number of nitroso groups, excluding NO2 is 1. The molecule has 0 aromatic heterocycles. The van der Waals surface area contributed by atoms with E-state index in [1.165, 1.54) is 11.8 Å². The lowest BCUT2D eigenvalue weighted by Gasteiger charge is -2.09. The maximum Gasteiger partial charge on any atom is 0.222 e. The van der Waals surface area contributed by atoms with Gasteiger partial charge < -0.3 is 4.90 Å². The van der Waals surface area contributed by atoms with Crippen LogP contribution in [0.4, 0.5) is 0 Å². The molecule has 0 aliphatic rings. The highest BCUT2D eigenvalue weighted by Crippen LogP contribution is 2.12. The summed E-state index contributed by atoms with van der Waals surface area (Å²) >= 11 is 1.40. The molecule has 0 N–H and O–H groups in total. The summed E-state index contributed by atoms with van der Waals surface area (Å²) in [6.07, 6.45) is 0.470. The summed E-state index contributed by atoms with van der Waals surface area (Å²) in [6.45, 7) is 1.72. The average molecular weight is 190 g/mol. The van der Waals surface area contributed by atoms with E-state index in [9.17, 15) is 9.70 Å². The van der Waals surface area contributed by atoms with E-state index < -0.39 is 0 Å². The SMILES string of the molecule is CC(N=O)SCCC(=O)N(C)C. The first kappa shape index (κ1) is 11.4. The molecule has 0 saturated heterocycles. The van der Waals surface area contributed by atoms with Crippen LogP contribution >= 0.6 is 11.8 Å². The molecule has 0 fully saturated rings. The minimum Gasteiger partial charge on any atom is -0.349 e. The van der Waals surface area contributed by atoms with Gasteiger partial charge in [0.1, 0.15) is 5.37 Å². The van der Waals surface area contributed by atoms with Crippen LogP contribution in [0.3, 0.4) is 0 Å². The van der Waals surface area contributed by atoms with Crippen molar-refractivity contribution >= 4 is 17.7 Å². The Hall–Kier alpha value is -0.580. The number of carbonyl (C=O) groups excluding carboxylic acids is 1. The summed E-state index contributed by atoms with van der Waals surface area (Å²) in [4.78, 5) is 22.5. The lowest BCUT2D eigenvalue weighted by molar-refractivity contribution is -0.128. The van der Waals surface area contributed by atoms with Crippen molar-refractivity contribution in [1.82, 2.24) is 4.90 Å². The second-order valence-corrected chi connectivity index (χ2v) is 4.04. The van der Waals surface area contributed by atoms with Crippen molar-refractivity contribution in [2.75, 3.05) is 19.8 Å². The molecule has 0 bridgehead atoms. The van der Waals surface area contributed by atoms with Crippen LogP contribution in [0.25, 0.3) is 0 Å². The van der Waals surface area contributed by atoms with Crippen LogP contribution in [0, 0.1) is 4.91 Å². The highest BCUT2D eigenvalue weighted by Gasteiger charge is 2.05. The fourth-order valence-electron chi connectivity index (χ4n) is 0.571. The number of hydrogen-bond donors (Lipinski definition) is 0. The van der Waals surface area contributed by atoms with Crippen molar-refractivity contribution in [2.45, 2.75) is 18.7 Å². The third kappa shape index (κ3) is 5.12. The van der Waals surface area contributed by atoms with Gasteiger partial charge in [0.05, 0.1) is 0 Å². The summed E-state index contributed by atoms with van der Waals surface area (Å²) in [5, 5.41) is 2.57. The van der Waals surface area contributed by atoms with Crippen LogP contribution < -0.4 is 0 Å². The Bertz CT molecular complexity index is 161. The van der Waals surface area contributed by atoms with Crippen molar-refractivity contribution in [3.8, 4) is 0 Å². The molecular weight excluding hydrogens is 176 g/mol. The molecule has 5 heteroatoms. The molecule has 0 saturated carbocycles. The highest BCUT2D eigenvalue weighted by molar-refractivity contribution is 7.99. The van der Waals surface area contributed by atoms with E-state index in [-0.39, 0.29) is 11.3 Å². The normalized spacial score (nSPS) is 12.2. The number of carbonyl (C=O) groups is 1. The van der Waals surface area contributed by atoms with Gasteiger partial charge in [-0.1, -0.05) is 5.18 Å². The Morgan fingerprint density at radius 1 is 1.58 bits per heavy atom. The fourth-order valence-corrected chi connectivity index (χ4v) is 1.27. The van der Waals surface area contributed by atoms with Gasteiger partial charge >= 0.3 is 0 Å². The van der Waals surface area contributed by atoms with Crippen LogP contribution in [0.15, 0.2) is 5.18 Å². The van der Waals surface area contributed by atoms with Crippen molar-refractivity contribution in [2.24, 2.45) is 5.18 Å². The van der Waals surface area contributed by atoms with E-state index >= 15 is 0 Å². The summed E-state index contributed by atoms with van der Waals surface area (Å²) in [7, 11) is 3.43. The molecular formula is C7H14N2O2S. The molecule has 0 aromatic carbocycles. The third-order valence-corrected chi connectivity index (χ3v) is 2.33. The third-order valence-electron chi connectivity index (χ3n) is 1.32. The Labute approximate surface area is 76.7 Å². The molecule has 1 unspecified atom stereocenters. The van der Waals surface area contributed by atoms with Crippen molar-refractivity contribution in [3.63, 3.8) is 0 Å². The Morgan fingerprint density at radius 2 is 2.17 bits per heavy atom. The van der Waals surface area contributed by atoms with Crippen molar-refractivity contribution in [3.05, 3.63) is 4.91 Å². The number of nitrogens with zero attached hydrogens (tertiary/aromatic N) is 2. The zero-order valence-electron chi connectivity index (χ0n) is 7.61. The predicted octanol–water partition coefficient (Wildman–Crippen LogP) is 1.31. The highest BCUT2D eigenvalue weighted by atomic mass is 32.2. The van der Waals surface area contributed by atoms with E-state index in [2.05, 4.69) is 5.18 Å². The first-order valence-corrected chi connectivity index (χ1v) is 4.77. The average Bonchev–Trinajstić information content (AvgIpc) is 2.03. The standard InChI is InChI=1S/C7H14N2O2S/c1-6(8-11)12-5-4-7(10)9(2)3/h6H,4-5H2,1-3H3. The Kier molecular flexibility index (Phi) is 5.70. The monoisotopic (exact) mass is 190 g/mol. The van der Waals surface area contributed by atoms with Crippen LogP contribution in [-0.4, -0.2) is 36.0 Å². The van der Waals surface area contributed by atoms with Crippen molar-refractivity contribution < 1.29 is 4.79 Å². The van der Waals surface area contributed by atoms with Gasteiger partial charge in [0.25, 0.3) is 0 Å². The van der Waals surface area contributed by atoms with Gasteiger partial charge in [-0.25, -0.2) is 0 Å². The molecule has 0 rings (SSSR count). The van der Waals surface area contributed by atoms with E-state index in [0.29, 0.717) is 12.2 Å². The van der Waals surface area contributed by atoms with Crippen LogP contribution in [0.2, 0.25) is 0 Å². The molecule has 1 amide bonds. The lowest BCUT2D eigenvalue weighted by atomic mass is 10.4. The summed E-state index contributed by atoms with van der Waals surface area (Å²) in [5.41, 5.74) is 0. The van der Waals surface area contributed by atoms with Gasteiger partial charge in [-0.3, -0.25) is 4.79 Å². The van der Waals surface area contributed by atoms with E-state index in [0.717, 1.165) is 0 Å². The summed E-state index contributed by atoms with van der Waals surface area (Å²) < 4.78 is 0. The molecule has 0 aliphatic heterocycles. The Morgan fingerprint density at radius 3 is 2.58 bits per heavy atom. The van der Waals surface area contributed by atoms with Gasteiger partial charge in [0.2, 0.25) is 5.91 Å². The smallest absolute Gasteiger partial charge is 0.222 e. The zero-order chi connectivity index (χ0) is 9.56. The molecule has 4 nitrogen and oxygen atoms in total. The minimum absolute atomic E-state index is 0.0839. The number of hydrogen-bond acceptors (Lipinski definition) is 4. The lowest BCUT2D eigenvalue weighted by Crippen LogP contribution is -2.22. The van der Waals surface area contributed by atoms with E-state index in [4.69, 9.17) is 0 Å². The first-order valence-electron chi connectivity index (χ1n) is 3.72. The quantitative estimate of drug-likeness (QED) is 0.614. The predicted molar refractivity (Wildman–Crippen MR) is 51.0 cm³/mol. The van der Waals surface area contributed by atoms with Gasteiger partial charge in [-0.15, -0.1) is 16.7 Å². The van der Waals surface area contributed by atoms with E-state index in [1.54, 1.807) is 25.9 Å². The van der Waals surface area contributed by atoms with Gasteiger partial charge in [0.15, 0.2) is 0 Å². The summed E-state index contributed by atoms with van der Waals surface area (Å²) in [6, 6.07) is 0. The van der Waals surface area contributed by atoms with Crippen molar-refractivity contribution in [1.29, 1.82) is 0 Å². The van der Waals surface area contributed by atoms with Crippen LogP contribution in [0.1, 0.15) is 13.3 Å². The first-order chi connectivity index (χ1) is 5.57. The van der Waals surface area contributed by atoms with E-state index in [1.807, 2.05) is 0 Å². The van der Waals surface area contributed by atoms with Crippen LogP contribution in [0.5, 0.6) is 0 Å². The van der Waals surface area contributed by atoms with Gasteiger partial charge in [-0.2, -0.15) is 0 Å². The second-order valence-electron chi connectivity index (χ2n) is 2.61. The molecule has 0 aliphatic carbocycles. The maximum absolute atomic E-state index is 11.0. The molecule has 70 valence electrons. The van der Waals surface area contributed by atoms with Gasteiger partial charge in [0, 0.05) is 26.3 Å². The molecule has 0 heterocycles. The molecule has 1 atom stereocenters. The molecule has 0 aromatic rings.